The Labute approximate surface area is 86.7 Å². The van der Waals surface area contributed by atoms with Crippen molar-refractivity contribution in [3.63, 3.8) is 0 Å². The monoisotopic (exact) mass is 252 g/mol. The molecule has 1 aliphatic rings. The molecule has 0 aromatic carbocycles. The molecule has 0 aromatic heterocycles. The van der Waals surface area contributed by atoms with Gasteiger partial charge in [0.15, 0.2) is 0 Å². The average Bonchev–Trinajstić information content (AvgIpc) is 2.04. The van der Waals surface area contributed by atoms with Crippen LogP contribution in [0.3, 0.4) is 0 Å². The third-order valence-electron chi connectivity index (χ3n) is 2.37. The minimum absolute atomic E-state index is 0. The van der Waals surface area contributed by atoms with Crippen molar-refractivity contribution in [2.75, 3.05) is 0 Å². The number of carboxylic acids is 2. The van der Waals surface area contributed by atoms with Crippen LogP contribution in [0, 0.1) is 11.8 Å². The zero-order valence-electron chi connectivity index (χ0n) is 7.10. The fraction of sp³-hybridized carbons (Fsp3) is 0.750. The number of halogens is 1. The van der Waals surface area contributed by atoms with Crippen molar-refractivity contribution in [2.45, 2.75) is 25.7 Å². The minimum atomic E-state index is -0.860. The summed E-state index contributed by atoms with van der Waals surface area (Å²) in [4.78, 5) is 21.1. The summed E-state index contributed by atoms with van der Waals surface area (Å²) in [6.07, 6.45) is 2.26. The summed E-state index contributed by atoms with van der Waals surface area (Å²) in [6.45, 7) is 0. The van der Waals surface area contributed by atoms with E-state index >= 15 is 0 Å². The van der Waals surface area contributed by atoms with Gasteiger partial charge in [0.05, 0.1) is 11.8 Å². The van der Waals surface area contributed by atoms with E-state index in [1.165, 1.54) is 0 Å². The SMILES string of the molecule is Br.O=C(O)C1CCCC(C(=O)O)C1. The molecule has 0 amide bonds. The lowest BCUT2D eigenvalue weighted by Gasteiger charge is -2.23. The molecule has 1 rings (SSSR count). The highest BCUT2D eigenvalue weighted by atomic mass is 79.9. The van der Waals surface area contributed by atoms with E-state index in [4.69, 9.17) is 10.2 Å². The maximum atomic E-state index is 10.5. The van der Waals surface area contributed by atoms with Crippen LogP contribution in [-0.2, 0) is 9.59 Å². The van der Waals surface area contributed by atoms with Crippen LogP contribution >= 0.6 is 17.0 Å². The first-order chi connectivity index (χ1) is 5.61. The van der Waals surface area contributed by atoms with Gasteiger partial charge in [0.25, 0.3) is 0 Å². The molecule has 0 aliphatic heterocycles. The lowest BCUT2D eigenvalue weighted by atomic mass is 9.81. The Balaban J connectivity index is 0.00000144. The average molecular weight is 253 g/mol. The van der Waals surface area contributed by atoms with Gasteiger partial charge in [-0.15, -0.1) is 17.0 Å². The number of rotatable bonds is 2. The summed E-state index contributed by atoms with van der Waals surface area (Å²) in [5, 5.41) is 17.3. The molecule has 0 saturated heterocycles. The lowest BCUT2D eigenvalue weighted by molar-refractivity contribution is -0.147. The van der Waals surface area contributed by atoms with Gasteiger partial charge >= 0.3 is 11.9 Å². The Morgan fingerprint density at radius 3 is 1.69 bits per heavy atom. The van der Waals surface area contributed by atoms with Crippen molar-refractivity contribution < 1.29 is 19.8 Å². The van der Waals surface area contributed by atoms with Gasteiger partial charge in [-0.25, -0.2) is 0 Å². The normalized spacial score (nSPS) is 27.4. The molecular weight excluding hydrogens is 240 g/mol. The molecule has 2 N–H and O–H groups in total. The fourth-order valence-corrected chi connectivity index (χ4v) is 1.64. The molecule has 0 heterocycles. The van der Waals surface area contributed by atoms with E-state index in [2.05, 4.69) is 0 Å². The van der Waals surface area contributed by atoms with Crippen LogP contribution in [-0.4, -0.2) is 22.2 Å². The Kier molecular flexibility index (Phi) is 4.98. The molecule has 2 atom stereocenters. The quantitative estimate of drug-likeness (QED) is 0.782. The number of carboxylic acid groups (broad SMARTS) is 2. The molecule has 0 spiro atoms. The first-order valence-electron chi connectivity index (χ1n) is 4.07. The van der Waals surface area contributed by atoms with Crippen LogP contribution in [0.2, 0.25) is 0 Å². The van der Waals surface area contributed by atoms with Crippen molar-refractivity contribution >= 4 is 28.9 Å². The molecule has 0 bridgehead atoms. The molecule has 0 aromatic rings. The first-order valence-corrected chi connectivity index (χ1v) is 4.07. The highest BCUT2D eigenvalue weighted by Crippen LogP contribution is 2.29. The Bertz CT molecular complexity index is 184. The summed E-state index contributed by atoms with van der Waals surface area (Å²) < 4.78 is 0. The maximum Gasteiger partial charge on any atom is 0.306 e. The fourth-order valence-electron chi connectivity index (χ4n) is 1.64. The molecular formula is C8H13BrO4. The summed E-state index contributed by atoms with van der Waals surface area (Å²) in [5.74, 6) is -2.61. The molecule has 76 valence electrons. The first kappa shape index (κ1) is 12.4. The smallest absolute Gasteiger partial charge is 0.306 e. The zero-order valence-corrected chi connectivity index (χ0v) is 8.82. The number of hydrogen-bond donors (Lipinski definition) is 2. The summed E-state index contributed by atoms with van der Waals surface area (Å²) in [7, 11) is 0. The largest absolute Gasteiger partial charge is 0.481 e. The molecule has 2 unspecified atom stereocenters. The van der Waals surface area contributed by atoms with Crippen LogP contribution in [0.15, 0.2) is 0 Å². The second kappa shape index (κ2) is 5.21. The molecule has 13 heavy (non-hydrogen) atoms. The van der Waals surface area contributed by atoms with Gasteiger partial charge in [-0.3, -0.25) is 9.59 Å². The zero-order chi connectivity index (χ0) is 9.14. The van der Waals surface area contributed by atoms with Crippen molar-refractivity contribution in [2.24, 2.45) is 11.8 Å². The Morgan fingerprint density at radius 1 is 1.00 bits per heavy atom. The van der Waals surface area contributed by atoms with Crippen LogP contribution < -0.4 is 0 Å². The van der Waals surface area contributed by atoms with E-state index in [1.54, 1.807) is 0 Å². The van der Waals surface area contributed by atoms with Gasteiger partial charge in [0.2, 0.25) is 0 Å². The number of aliphatic carboxylic acids is 2. The Morgan fingerprint density at radius 2 is 1.38 bits per heavy atom. The Hall–Kier alpha value is -0.580. The standard InChI is InChI=1S/C8H12O4.BrH/c9-7(10)5-2-1-3-6(4-5)8(11)12;/h5-6H,1-4H2,(H,9,10)(H,11,12);1H. The molecule has 4 nitrogen and oxygen atoms in total. The van der Waals surface area contributed by atoms with Crippen molar-refractivity contribution in [1.29, 1.82) is 0 Å². The van der Waals surface area contributed by atoms with E-state index in [0.717, 1.165) is 0 Å². The predicted molar refractivity (Wildman–Crippen MR) is 51.0 cm³/mol. The van der Waals surface area contributed by atoms with Gasteiger partial charge in [-0.05, 0) is 19.3 Å². The van der Waals surface area contributed by atoms with Crippen molar-refractivity contribution in [1.82, 2.24) is 0 Å². The van der Waals surface area contributed by atoms with Gasteiger partial charge in [-0.1, -0.05) is 6.42 Å². The van der Waals surface area contributed by atoms with Gasteiger partial charge in [0.1, 0.15) is 0 Å². The van der Waals surface area contributed by atoms with Crippen molar-refractivity contribution in [3.05, 3.63) is 0 Å². The van der Waals surface area contributed by atoms with Crippen LogP contribution in [0.4, 0.5) is 0 Å². The second-order valence-corrected chi connectivity index (χ2v) is 3.24. The van der Waals surface area contributed by atoms with Gasteiger partial charge < -0.3 is 10.2 Å². The van der Waals surface area contributed by atoms with Crippen LogP contribution in [0.1, 0.15) is 25.7 Å². The molecule has 5 heteroatoms. The number of hydrogen-bond acceptors (Lipinski definition) is 2. The third kappa shape index (κ3) is 3.34. The lowest BCUT2D eigenvalue weighted by Crippen LogP contribution is -2.26. The third-order valence-corrected chi connectivity index (χ3v) is 2.37. The van der Waals surface area contributed by atoms with E-state index < -0.39 is 23.8 Å². The number of carbonyl (C=O) groups is 2. The molecule has 1 saturated carbocycles. The predicted octanol–water partition coefficient (Wildman–Crippen LogP) is 1.54. The summed E-state index contributed by atoms with van der Waals surface area (Å²) in [6, 6.07) is 0. The highest BCUT2D eigenvalue weighted by molar-refractivity contribution is 8.93. The molecule has 0 radical (unpaired) electrons. The highest BCUT2D eigenvalue weighted by Gasteiger charge is 2.30. The van der Waals surface area contributed by atoms with E-state index in [9.17, 15) is 9.59 Å². The topological polar surface area (TPSA) is 74.6 Å². The summed E-state index contributed by atoms with van der Waals surface area (Å²) >= 11 is 0. The van der Waals surface area contributed by atoms with Gasteiger partial charge in [-0.2, -0.15) is 0 Å². The van der Waals surface area contributed by atoms with Crippen molar-refractivity contribution in [3.8, 4) is 0 Å². The second-order valence-electron chi connectivity index (χ2n) is 3.24. The molecule has 1 fully saturated rings. The summed E-state index contributed by atoms with van der Waals surface area (Å²) in [5.41, 5.74) is 0. The van der Waals surface area contributed by atoms with Crippen LogP contribution in [0.25, 0.3) is 0 Å². The molecule has 1 aliphatic carbocycles. The van der Waals surface area contributed by atoms with E-state index in [-0.39, 0.29) is 17.0 Å². The maximum absolute atomic E-state index is 10.5. The van der Waals surface area contributed by atoms with E-state index in [0.29, 0.717) is 25.7 Å². The minimum Gasteiger partial charge on any atom is -0.481 e. The van der Waals surface area contributed by atoms with E-state index in [1.807, 2.05) is 0 Å². The van der Waals surface area contributed by atoms with Crippen LogP contribution in [0.5, 0.6) is 0 Å². The van der Waals surface area contributed by atoms with Gasteiger partial charge in [0, 0.05) is 0 Å².